The Balaban J connectivity index is 1.89. The van der Waals surface area contributed by atoms with E-state index in [1.54, 1.807) is 5.32 Å². The van der Waals surface area contributed by atoms with Gasteiger partial charge in [-0.15, -0.1) is 0 Å². The van der Waals surface area contributed by atoms with Gasteiger partial charge in [0.25, 0.3) is 5.91 Å². The molecule has 0 fully saturated rings. The minimum absolute atomic E-state index is 0.0161. The maximum absolute atomic E-state index is 12.2. The molecule has 2 N–H and O–H groups in total. The van der Waals surface area contributed by atoms with E-state index in [-0.39, 0.29) is 22.6 Å². The highest BCUT2D eigenvalue weighted by atomic mass is 35.5. The summed E-state index contributed by atoms with van der Waals surface area (Å²) in [4.78, 5) is 23.6. The molecule has 0 bridgehead atoms. The standard InChI is InChI=1S/C18H16ClF3N2O4S/c19-13-3-7-15(8-4-13)29(27,28)10-9-16(25)24-14-5-1-12(2-6-14)17(26)23-11-18(20,21)22/h1-8H,9-11H2,(H,23,26)(H,24,25). The Morgan fingerprint density at radius 2 is 1.55 bits per heavy atom. The Kier molecular flexibility index (Phi) is 7.26. The number of alkyl halides is 3. The lowest BCUT2D eigenvalue weighted by Gasteiger charge is -2.09. The highest BCUT2D eigenvalue weighted by molar-refractivity contribution is 7.91. The van der Waals surface area contributed by atoms with E-state index >= 15 is 0 Å². The summed E-state index contributed by atoms with van der Waals surface area (Å²) in [6, 6.07) is 10.7. The molecule has 2 rings (SSSR count). The third-order valence-corrected chi connectivity index (χ3v) is 5.63. The van der Waals surface area contributed by atoms with Gasteiger partial charge in [0.2, 0.25) is 5.91 Å². The van der Waals surface area contributed by atoms with Gasteiger partial charge >= 0.3 is 6.18 Å². The zero-order valence-electron chi connectivity index (χ0n) is 14.8. The third kappa shape index (κ3) is 7.39. The molecule has 2 aromatic carbocycles. The lowest BCUT2D eigenvalue weighted by atomic mass is 10.2. The molecule has 29 heavy (non-hydrogen) atoms. The number of nitrogens with one attached hydrogen (secondary N) is 2. The minimum Gasteiger partial charge on any atom is -0.343 e. The van der Waals surface area contributed by atoms with Crippen molar-refractivity contribution in [2.45, 2.75) is 17.5 Å². The summed E-state index contributed by atoms with van der Waals surface area (Å²) >= 11 is 5.71. The summed E-state index contributed by atoms with van der Waals surface area (Å²) in [5.41, 5.74) is 0.254. The van der Waals surface area contributed by atoms with Crippen molar-refractivity contribution in [1.82, 2.24) is 5.32 Å². The SMILES string of the molecule is O=C(CCS(=O)(=O)c1ccc(Cl)cc1)Nc1ccc(C(=O)NCC(F)(F)F)cc1. The van der Waals surface area contributed by atoms with Crippen LogP contribution in [0.5, 0.6) is 0 Å². The van der Waals surface area contributed by atoms with Crippen LogP contribution in [0.3, 0.4) is 0 Å². The number of hydrogen-bond acceptors (Lipinski definition) is 4. The number of carbonyl (C=O) groups is 2. The average Bonchev–Trinajstić information content (AvgIpc) is 2.65. The number of carbonyl (C=O) groups excluding carboxylic acids is 2. The van der Waals surface area contributed by atoms with Crippen molar-refractivity contribution in [2.24, 2.45) is 0 Å². The van der Waals surface area contributed by atoms with Crippen molar-refractivity contribution in [2.75, 3.05) is 17.6 Å². The highest BCUT2D eigenvalue weighted by Crippen LogP contribution is 2.17. The number of rotatable bonds is 7. The predicted octanol–water partition coefficient (Wildman–Crippen LogP) is 3.43. The summed E-state index contributed by atoms with van der Waals surface area (Å²) in [6.45, 7) is -1.45. The van der Waals surface area contributed by atoms with Crippen LogP contribution in [0.15, 0.2) is 53.4 Å². The summed E-state index contributed by atoms with van der Waals surface area (Å²) in [5.74, 6) is -1.90. The van der Waals surface area contributed by atoms with E-state index < -0.39 is 40.1 Å². The van der Waals surface area contributed by atoms with Crippen molar-refractivity contribution in [3.63, 3.8) is 0 Å². The molecule has 0 saturated heterocycles. The van der Waals surface area contributed by atoms with Crippen LogP contribution < -0.4 is 10.6 Å². The molecule has 11 heteroatoms. The molecule has 0 aliphatic carbocycles. The number of sulfone groups is 1. The van der Waals surface area contributed by atoms with Gasteiger partial charge in [0.15, 0.2) is 9.84 Å². The van der Waals surface area contributed by atoms with Crippen molar-refractivity contribution in [3.05, 3.63) is 59.1 Å². The Hall–Kier alpha value is -2.59. The largest absolute Gasteiger partial charge is 0.405 e. The van der Waals surface area contributed by atoms with Crippen LogP contribution >= 0.6 is 11.6 Å². The normalized spacial score (nSPS) is 11.7. The second-order valence-electron chi connectivity index (χ2n) is 5.95. The number of anilines is 1. The molecular formula is C18H16ClF3N2O4S. The van der Waals surface area contributed by atoms with E-state index in [4.69, 9.17) is 11.6 Å². The fourth-order valence-corrected chi connectivity index (χ4v) is 3.56. The zero-order chi connectivity index (χ0) is 21.7. The first-order chi connectivity index (χ1) is 13.5. The van der Waals surface area contributed by atoms with E-state index in [9.17, 15) is 31.2 Å². The first-order valence-corrected chi connectivity index (χ1v) is 10.2. The monoisotopic (exact) mass is 448 g/mol. The highest BCUT2D eigenvalue weighted by Gasteiger charge is 2.27. The lowest BCUT2D eigenvalue weighted by molar-refractivity contribution is -0.123. The first-order valence-electron chi connectivity index (χ1n) is 8.19. The quantitative estimate of drug-likeness (QED) is 0.678. The average molecular weight is 449 g/mol. The summed E-state index contributed by atoms with van der Waals surface area (Å²) in [6.07, 6.45) is -4.82. The molecule has 2 aromatic rings. The molecule has 0 radical (unpaired) electrons. The van der Waals surface area contributed by atoms with E-state index in [0.29, 0.717) is 5.02 Å². The molecule has 0 aliphatic heterocycles. The van der Waals surface area contributed by atoms with Crippen molar-refractivity contribution >= 4 is 38.9 Å². The van der Waals surface area contributed by atoms with E-state index in [2.05, 4.69) is 5.32 Å². The van der Waals surface area contributed by atoms with Gasteiger partial charge < -0.3 is 10.6 Å². The van der Waals surface area contributed by atoms with Gasteiger partial charge in [-0.2, -0.15) is 13.2 Å². The van der Waals surface area contributed by atoms with Crippen molar-refractivity contribution < 1.29 is 31.2 Å². The molecule has 0 heterocycles. The fourth-order valence-electron chi connectivity index (χ4n) is 2.20. The molecule has 6 nitrogen and oxygen atoms in total. The topological polar surface area (TPSA) is 92.3 Å². The van der Waals surface area contributed by atoms with Gasteiger partial charge in [0, 0.05) is 22.7 Å². The summed E-state index contributed by atoms with van der Waals surface area (Å²) < 4.78 is 60.7. The predicted molar refractivity (Wildman–Crippen MR) is 102 cm³/mol. The molecule has 2 amide bonds. The summed E-state index contributed by atoms with van der Waals surface area (Å²) in [7, 11) is -3.67. The van der Waals surface area contributed by atoms with Gasteiger partial charge in [0.05, 0.1) is 10.6 Å². The molecule has 0 aromatic heterocycles. The van der Waals surface area contributed by atoms with Crippen LogP contribution in [0.25, 0.3) is 0 Å². The summed E-state index contributed by atoms with van der Waals surface area (Å²) in [5, 5.41) is 4.58. The maximum Gasteiger partial charge on any atom is 0.405 e. The lowest BCUT2D eigenvalue weighted by Crippen LogP contribution is -2.33. The number of amides is 2. The van der Waals surface area contributed by atoms with Crippen LogP contribution in [-0.4, -0.2) is 38.7 Å². The molecule has 0 atom stereocenters. The van der Waals surface area contributed by atoms with Gasteiger partial charge in [-0.3, -0.25) is 9.59 Å². The van der Waals surface area contributed by atoms with Crippen molar-refractivity contribution in [1.29, 1.82) is 0 Å². The van der Waals surface area contributed by atoms with Crippen LogP contribution in [0.4, 0.5) is 18.9 Å². The Morgan fingerprint density at radius 3 is 2.10 bits per heavy atom. The van der Waals surface area contributed by atoms with E-state index in [0.717, 1.165) is 0 Å². The fraction of sp³-hybridized carbons (Fsp3) is 0.222. The molecule has 0 unspecified atom stereocenters. The van der Waals surface area contributed by atoms with Gasteiger partial charge in [-0.05, 0) is 48.5 Å². The van der Waals surface area contributed by atoms with Crippen LogP contribution in [0.2, 0.25) is 5.02 Å². The molecule has 156 valence electrons. The molecule has 0 spiro atoms. The second kappa shape index (κ2) is 9.27. The number of halogens is 4. The Morgan fingerprint density at radius 1 is 0.966 bits per heavy atom. The van der Waals surface area contributed by atoms with Gasteiger partial charge in [-0.25, -0.2) is 8.42 Å². The molecular weight excluding hydrogens is 433 g/mol. The number of benzene rings is 2. The zero-order valence-corrected chi connectivity index (χ0v) is 16.4. The van der Waals surface area contributed by atoms with Crippen LogP contribution in [-0.2, 0) is 14.6 Å². The first kappa shape index (κ1) is 22.7. The molecule has 0 saturated carbocycles. The van der Waals surface area contributed by atoms with Crippen LogP contribution in [0, 0.1) is 0 Å². The Labute approximate surface area is 170 Å². The number of hydrogen-bond donors (Lipinski definition) is 2. The smallest absolute Gasteiger partial charge is 0.343 e. The van der Waals surface area contributed by atoms with Gasteiger partial charge in [0.1, 0.15) is 6.54 Å². The minimum atomic E-state index is -4.52. The van der Waals surface area contributed by atoms with E-state index in [1.165, 1.54) is 48.5 Å². The maximum atomic E-state index is 12.2. The van der Waals surface area contributed by atoms with E-state index in [1.807, 2.05) is 0 Å². The van der Waals surface area contributed by atoms with Gasteiger partial charge in [-0.1, -0.05) is 11.6 Å². The third-order valence-electron chi connectivity index (χ3n) is 3.65. The van der Waals surface area contributed by atoms with Crippen LogP contribution in [0.1, 0.15) is 16.8 Å². The van der Waals surface area contributed by atoms with Crippen molar-refractivity contribution in [3.8, 4) is 0 Å². The second-order valence-corrected chi connectivity index (χ2v) is 8.49. The molecule has 0 aliphatic rings. The Bertz CT molecular complexity index is 976.